The van der Waals surface area contributed by atoms with Crippen LogP contribution in [0.2, 0.25) is 0 Å². The lowest BCUT2D eigenvalue weighted by molar-refractivity contribution is 0.0836. The lowest BCUT2D eigenvalue weighted by atomic mass is 9.97. The second-order valence-electron chi connectivity index (χ2n) is 7.23. The maximum absolute atomic E-state index is 3.80. The van der Waals surface area contributed by atoms with E-state index in [1.54, 1.807) is 0 Å². The molecule has 1 aliphatic carbocycles. The van der Waals surface area contributed by atoms with Crippen molar-refractivity contribution in [3.8, 4) is 0 Å². The monoisotopic (exact) mass is 279 g/mol. The van der Waals surface area contributed by atoms with Crippen LogP contribution >= 0.6 is 0 Å². The van der Waals surface area contributed by atoms with Gasteiger partial charge >= 0.3 is 0 Å². The highest BCUT2D eigenvalue weighted by molar-refractivity contribution is 4.86. The van der Waals surface area contributed by atoms with E-state index in [4.69, 9.17) is 0 Å². The van der Waals surface area contributed by atoms with Crippen molar-refractivity contribution >= 4 is 0 Å². The molecule has 0 amide bonds. The molecule has 0 unspecified atom stereocenters. The fourth-order valence-electron chi connectivity index (χ4n) is 3.95. The Morgan fingerprint density at radius 3 is 2.20 bits per heavy atom. The summed E-state index contributed by atoms with van der Waals surface area (Å²) in [5.74, 6) is 1.02. The third-order valence-electron chi connectivity index (χ3n) is 5.54. The number of piperidine rings is 2. The normalized spacial score (nSPS) is 28.1. The fraction of sp³-hybridized carbons (Fsp3) is 1.00. The Hall–Kier alpha value is -0.120. The van der Waals surface area contributed by atoms with Crippen LogP contribution in [-0.2, 0) is 0 Å². The minimum atomic E-state index is 0.812. The molecule has 20 heavy (non-hydrogen) atoms. The summed E-state index contributed by atoms with van der Waals surface area (Å²) >= 11 is 0. The molecule has 0 radical (unpaired) electrons. The highest BCUT2D eigenvalue weighted by atomic mass is 15.2. The molecular formula is C17H33N3. The second kappa shape index (κ2) is 7.24. The molecule has 0 aromatic carbocycles. The first kappa shape index (κ1) is 14.8. The summed E-state index contributed by atoms with van der Waals surface area (Å²) in [6.07, 6.45) is 9.82. The summed E-state index contributed by atoms with van der Waals surface area (Å²) in [6.45, 7) is 10.2. The fourth-order valence-corrected chi connectivity index (χ4v) is 3.95. The number of hydrogen-bond donors (Lipinski definition) is 1. The first-order valence-corrected chi connectivity index (χ1v) is 9.05. The van der Waals surface area contributed by atoms with Crippen LogP contribution in [0.5, 0.6) is 0 Å². The van der Waals surface area contributed by atoms with Crippen molar-refractivity contribution in [2.24, 2.45) is 5.92 Å². The highest BCUT2D eigenvalue weighted by Crippen LogP contribution is 2.28. The Balaban J connectivity index is 1.33. The first-order valence-electron chi connectivity index (χ1n) is 9.05. The lowest BCUT2D eigenvalue weighted by Gasteiger charge is -2.42. The average Bonchev–Trinajstić information content (AvgIpc) is 3.31. The van der Waals surface area contributed by atoms with E-state index in [0.717, 1.165) is 18.0 Å². The van der Waals surface area contributed by atoms with Gasteiger partial charge in [0.2, 0.25) is 0 Å². The minimum Gasteiger partial charge on any atom is -0.314 e. The van der Waals surface area contributed by atoms with Gasteiger partial charge in [-0.25, -0.2) is 0 Å². The molecule has 3 aliphatic rings. The van der Waals surface area contributed by atoms with E-state index < -0.39 is 0 Å². The number of rotatable bonds is 6. The van der Waals surface area contributed by atoms with Crippen LogP contribution in [0.3, 0.4) is 0 Å². The molecule has 1 N–H and O–H groups in total. The zero-order chi connectivity index (χ0) is 13.8. The molecule has 1 saturated carbocycles. The predicted octanol–water partition coefficient (Wildman–Crippen LogP) is 2.32. The summed E-state index contributed by atoms with van der Waals surface area (Å²) in [6, 6.07) is 1.69. The summed E-state index contributed by atoms with van der Waals surface area (Å²) in [4.78, 5) is 5.44. The van der Waals surface area contributed by atoms with Gasteiger partial charge in [-0.2, -0.15) is 0 Å². The van der Waals surface area contributed by atoms with E-state index in [-0.39, 0.29) is 0 Å². The minimum absolute atomic E-state index is 0.812. The summed E-state index contributed by atoms with van der Waals surface area (Å²) < 4.78 is 0. The molecule has 3 fully saturated rings. The number of nitrogens with zero attached hydrogens (tertiary/aromatic N) is 2. The van der Waals surface area contributed by atoms with Crippen LogP contribution in [-0.4, -0.2) is 61.2 Å². The van der Waals surface area contributed by atoms with Crippen molar-refractivity contribution in [1.29, 1.82) is 0 Å². The molecule has 3 heteroatoms. The SMILES string of the molecule is CCCN1CCC(N2CCC(NCC3CC3)CC2)CC1. The van der Waals surface area contributed by atoms with Gasteiger partial charge in [-0.3, -0.25) is 0 Å². The van der Waals surface area contributed by atoms with E-state index >= 15 is 0 Å². The zero-order valence-corrected chi connectivity index (χ0v) is 13.3. The van der Waals surface area contributed by atoms with Crippen molar-refractivity contribution < 1.29 is 0 Å². The number of hydrogen-bond acceptors (Lipinski definition) is 3. The van der Waals surface area contributed by atoms with E-state index in [1.165, 1.54) is 84.2 Å². The van der Waals surface area contributed by atoms with E-state index in [0.29, 0.717) is 0 Å². The maximum atomic E-state index is 3.80. The number of likely N-dealkylation sites (tertiary alicyclic amines) is 2. The molecule has 0 aromatic rings. The largest absolute Gasteiger partial charge is 0.314 e. The van der Waals surface area contributed by atoms with Gasteiger partial charge in [0, 0.05) is 12.1 Å². The lowest BCUT2D eigenvalue weighted by Crippen LogP contribution is -2.50. The van der Waals surface area contributed by atoms with Crippen molar-refractivity contribution in [2.75, 3.05) is 39.3 Å². The maximum Gasteiger partial charge on any atom is 0.0120 e. The highest BCUT2D eigenvalue weighted by Gasteiger charge is 2.28. The second-order valence-corrected chi connectivity index (χ2v) is 7.23. The summed E-state index contributed by atoms with van der Waals surface area (Å²) in [5.41, 5.74) is 0. The smallest absolute Gasteiger partial charge is 0.0120 e. The van der Waals surface area contributed by atoms with Crippen LogP contribution in [0.1, 0.15) is 51.9 Å². The molecule has 0 aromatic heterocycles. The zero-order valence-electron chi connectivity index (χ0n) is 13.3. The third kappa shape index (κ3) is 4.19. The Kier molecular flexibility index (Phi) is 5.36. The predicted molar refractivity (Wildman–Crippen MR) is 85.1 cm³/mol. The van der Waals surface area contributed by atoms with Gasteiger partial charge in [0.15, 0.2) is 0 Å². The Morgan fingerprint density at radius 1 is 0.900 bits per heavy atom. The van der Waals surface area contributed by atoms with Crippen LogP contribution in [0.25, 0.3) is 0 Å². The molecule has 2 aliphatic heterocycles. The summed E-state index contributed by atoms with van der Waals surface area (Å²) in [5, 5.41) is 3.80. The molecule has 0 spiro atoms. The Bertz CT molecular complexity index is 274. The molecule has 0 bridgehead atoms. The third-order valence-corrected chi connectivity index (χ3v) is 5.54. The Labute approximate surface area is 125 Å². The molecule has 3 nitrogen and oxygen atoms in total. The van der Waals surface area contributed by atoms with Crippen LogP contribution in [0.15, 0.2) is 0 Å². The van der Waals surface area contributed by atoms with E-state index in [1.807, 2.05) is 0 Å². The first-order chi connectivity index (χ1) is 9.85. The van der Waals surface area contributed by atoms with E-state index in [9.17, 15) is 0 Å². The van der Waals surface area contributed by atoms with Gasteiger partial charge in [-0.05, 0) is 90.1 Å². The molecule has 116 valence electrons. The number of nitrogens with one attached hydrogen (secondary N) is 1. The Morgan fingerprint density at radius 2 is 1.60 bits per heavy atom. The average molecular weight is 279 g/mol. The van der Waals surface area contributed by atoms with Gasteiger partial charge in [0.25, 0.3) is 0 Å². The van der Waals surface area contributed by atoms with Crippen molar-refractivity contribution in [3.05, 3.63) is 0 Å². The topological polar surface area (TPSA) is 18.5 Å². The van der Waals surface area contributed by atoms with Crippen LogP contribution < -0.4 is 5.32 Å². The quantitative estimate of drug-likeness (QED) is 0.805. The van der Waals surface area contributed by atoms with Crippen LogP contribution in [0.4, 0.5) is 0 Å². The van der Waals surface area contributed by atoms with Crippen molar-refractivity contribution in [1.82, 2.24) is 15.1 Å². The molecule has 0 atom stereocenters. The van der Waals surface area contributed by atoms with Gasteiger partial charge < -0.3 is 15.1 Å². The van der Waals surface area contributed by atoms with Gasteiger partial charge in [0.05, 0.1) is 0 Å². The van der Waals surface area contributed by atoms with Gasteiger partial charge in [-0.1, -0.05) is 6.92 Å². The van der Waals surface area contributed by atoms with Crippen LogP contribution in [0, 0.1) is 5.92 Å². The van der Waals surface area contributed by atoms with Crippen molar-refractivity contribution in [3.63, 3.8) is 0 Å². The molecule has 2 heterocycles. The summed E-state index contributed by atoms with van der Waals surface area (Å²) in [7, 11) is 0. The van der Waals surface area contributed by atoms with E-state index in [2.05, 4.69) is 22.0 Å². The van der Waals surface area contributed by atoms with Crippen molar-refractivity contribution in [2.45, 2.75) is 64.0 Å². The molecular weight excluding hydrogens is 246 g/mol. The molecule has 2 saturated heterocycles. The van der Waals surface area contributed by atoms with Gasteiger partial charge in [0.1, 0.15) is 0 Å². The standard InChI is InChI=1S/C17H33N3/c1-2-9-19-10-7-17(8-11-19)20-12-5-16(6-13-20)18-14-15-3-4-15/h15-18H,2-14H2,1H3. The van der Waals surface area contributed by atoms with Gasteiger partial charge in [-0.15, -0.1) is 0 Å². The molecule has 3 rings (SSSR count).